The van der Waals surface area contributed by atoms with Crippen LogP contribution in [0, 0.1) is 5.41 Å². The van der Waals surface area contributed by atoms with Crippen LogP contribution in [0.25, 0.3) is 0 Å². The van der Waals surface area contributed by atoms with Gasteiger partial charge in [0.25, 0.3) is 0 Å². The fraction of sp³-hybridized carbons (Fsp3) is 0.500. The first kappa shape index (κ1) is 17.2. The van der Waals surface area contributed by atoms with Gasteiger partial charge >= 0.3 is 0 Å². The molecule has 0 aromatic heterocycles. The largest absolute Gasteiger partial charge is 0.354 e. The Morgan fingerprint density at radius 2 is 1.43 bits per heavy atom. The van der Waals surface area contributed by atoms with Crippen molar-refractivity contribution in [1.29, 1.82) is 0 Å². The molecular weight excluding hydrogens is 266 g/mol. The van der Waals surface area contributed by atoms with Gasteiger partial charge in [0, 0.05) is 18.5 Å². The molecule has 1 aromatic carbocycles. The normalized spacial score (nSPS) is 14.1. The van der Waals surface area contributed by atoms with Gasteiger partial charge in [-0.3, -0.25) is 9.59 Å². The van der Waals surface area contributed by atoms with Crippen molar-refractivity contribution in [1.82, 2.24) is 10.6 Å². The maximum Gasteiger partial charge on any atom is 0.244 e. The summed E-state index contributed by atoms with van der Waals surface area (Å²) < 4.78 is 0. The first-order chi connectivity index (χ1) is 9.65. The van der Waals surface area contributed by atoms with Gasteiger partial charge in [-0.05, 0) is 12.5 Å². The van der Waals surface area contributed by atoms with Gasteiger partial charge in [0.15, 0.2) is 0 Å². The number of carbonyl (C=O) groups excluding carboxylic acids is 2. The van der Waals surface area contributed by atoms with E-state index in [1.807, 2.05) is 51.1 Å². The monoisotopic (exact) mass is 291 g/mol. The van der Waals surface area contributed by atoms with Crippen molar-refractivity contribution in [3.63, 3.8) is 0 Å². The third-order valence-corrected chi connectivity index (χ3v) is 3.22. The lowest BCUT2D eigenvalue weighted by atomic mass is 9.92. The molecular formula is C16H25N3O2. The highest BCUT2D eigenvalue weighted by molar-refractivity contribution is 5.87. The predicted molar refractivity (Wildman–Crippen MR) is 83.5 cm³/mol. The molecule has 4 N–H and O–H groups in total. The fourth-order valence-corrected chi connectivity index (χ4v) is 1.72. The van der Waals surface area contributed by atoms with E-state index in [9.17, 15) is 9.59 Å². The number of benzene rings is 1. The Bertz CT molecular complexity index is 490. The minimum Gasteiger partial charge on any atom is -0.354 e. The van der Waals surface area contributed by atoms with Crippen molar-refractivity contribution in [2.45, 2.75) is 33.2 Å². The van der Waals surface area contributed by atoms with Gasteiger partial charge < -0.3 is 16.4 Å². The molecule has 0 saturated heterocycles. The van der Waals surface area contributed by atoms with Crippen LogP contribution in [-0.4, -0.2) is 24.9 Å². The Labute approximate surface area is 126 Å². The highest BCUT2D eigenvalue weighted by atomic mass is 16.2. The molecule has 1 unspecified atom stereocenters. The number of nitrogens with one attached hydrogen (secondary N) is 2. The topological polar surface area (TPSA) is 84.2 Å². The Morgan fingerprint density at radius 1 is 0.952 bits per heavy atom. The molecule has 5 nitrogen and oxygen atoms in total. The van der Waals surface area contributed by atoms with Gasteiger partial charge in [0.1, 0.15) is 5.54 Å². The van der Waals surface area contributed by atoms with Crippen LogP contribution >= 0.6 is 0 Å². The van der Waals surface area contributed by atoms with Gasteiger partial charge in [-0.25, -0.2) is 0 Å². The Morgan fingerprint density at radius 3 is 1.90 bits per heavy atom. The Kier molecular flexibility index (Phi) is 5.49. The molecule has 0 aliphatic heterocycles. The standard InChI is InChI=1S/C16H25N3O2/c1-15(2,3)13(20)18-10-11-19-14(21)16(4,17)12-8-6-5-7-9-12/h5-9H,10-11,17H2,1-4H3,(H,18,20)(H,19,21). The molecule has 0 aliphatic rings. The molecule has 0 radical (unpaired) electrons. The number of rotatable bonds is 5. The maximum atomic E-state index is 12.2. The number of hydrogen-bond acceptors (Lipinski definition) is 3. The van der Waals surface area contributed by atoms with E-state index in [1.165, 1.54) is 0 Å². The van der Waals surface area contributed by atoms with Gasteiger partial charge in [-0.1, -0.05) is 51.1 Å². The molecule has 1 aromatic rings. The van der Waals surface area contributed by atoms with E-state index in [-0.39, 0.29) is 11.8 Å². The van der Waals surface area contributed by atoms with Crippen LogP contribution in [0.4, 0.5) is 0 Å². The zero-order valence-electron chi connectivity index (χ0n) is 13.2. The second kappa shape index (κ2) is 6.72. The first-order valence-electron chi connectivity index (χ1n) is 7.06. The molecule has 0 fully saturated rings. The summed E-state index contributed by atoms with van der Waals surface area (Å²) in [5.74, 6) is -0.311. The summed E-state index contributed by atoms with van der Waals surface area (Å²) in [5, 5.41) is 5.52. The summed E-state index contributed by atoms with van der Waals surface area (Å²) in [6, 6.07) is 9.20. The molecule has 0 spiro atoms. The lowest BCUT2D eigenvalue weighted by Crippen LogP contribution is -2.50. The minimum absolute atomic E-state index is 0.0460. The van der Waals surface area contributed by atoms with Crippen LogP contribution in [0.5, 0.6) is 0 Å². The number of carbonyl (C=O) groups is 2. The van der Waals surface area contributed by atoms with E-state index in [1.54, 1.807) is 6.92 Å². The molecule has 0 heterocycles. The SMILES string of the molecule is CC(C)(C)C(=O)NCCNC(=O)C(C)(N)c1ccccc1. The van der Waals surface area contributed by atoms with E-state index >= 15 is 0 Å². The summed E-state index contributed by atoms with van der Waals surface area (Å²) in [4.78, 5) is 23.8. The van der Waals surface area contributed by atoms with Crippen LogP contribution in [0.15, 0.2) is 30.3 Å². The lowest BCUT2D eigenvalue weighted by Gasteiger charge is -2.24. The zero-order valence-corrected chi connectivity index (χ0v) is 13.2. The summed E-state index contributed by atoms with van der Waals surface area (Å²) >= 11 is 0. The van der Waals surface area contributed by atoms with Gasteiger partial charge in [-0.15, -0.1) is 0 Å². The van der Waals surface area contributed by atoms with E-state index in [0.29, 0.717) is 13.1 Å². The first-order valence-corrected chi connectivity index (χ1v) is 7.06. The summed E-state index contributed by atoms with van der Waals surface area (Å²) in [7, 11) is 0. The van der Waals surface area contributed by atoms with E-state index in [0.717, 1.165) is 5.56 Å². The fourth-order valence-electron chi connectivity index (χ4n) is 1.72. The quantitative estimate of drug-likeness (QED) is 0.711. The van der Waals surface area contributed by atoms with Crippen molar-refractivity contribution >= 4 is 11.8 Å². The van der Waals surface area contributed by atoms with Crippen LogP contribution in [0.1, 0.15) is 33.3 Å². The molecule has 5 heteroatoms. The van der Waals surface area contributed by atoms with Crippen molar-refractivity contribution in [2.75, 3.05) is 13.1 Å². The third kappa shape index (κ3) is 4.86. The minimum atomic E-state index is -1.09. The average molecular weight is 291 g/mol. The van der Waals surface area contributed by atoms with Gasteiger partial charge in [-0.2, -0.15) is 0 Å². The zero-order chi connectivity index (χ0) is 16.1. The molecule has 0 bridgehead atoms. The van der Waals surface area contributed by atoms with E-state index < -0.39 is 11.0 Å². The molecule has 2 amide bonds. The number of amides is 2. The average Bonchev–Trinajstić information content (AvgIpc) is 2.42. The van der Waals surface area contributed by atoms with Crippen LogP contribution in [0.3, 0.4) is 0 Å². The molecule has 0 aliphatic carbocycles. The second-order valence-electron chi connectivity index (χ2n) is 6.33. The van der Waals surface area contributed by atoms with Gasteiger partial charge in [0.2, 0.25) is 11.8 Å². The van der Waals surface area contributed by atoms with Crippen molar-refractivity contribution in [3.05, 3.63) is 35.9 Å². The molecule has 1 rings (SSSR count). The molecule has 0 saturated carbocycles. The number of nitrogens with two attached hydrogens (primary N) is 1. The van der Waals surface area contributed by atoms with E-state index in [4.69, 9.17) is 5.73 Å². The molecule has 116 valence electrons. The lowest BCUT2D eigenvalue weighted by molar-refractivity contribution is -0.129. The predicted octanol–water partition coefficient (Wildman–Crippen LogP) is 1.14. The van der Waals surface area contributed by atoms with Crippen LogP contribution in [0.2, 0.25) is 0 Å². The van der Waals surface area contributed by atoms with Crippen molar-refractivity contribution < 1.29 is 9.59 Å². The summed E-state index contributed by atoms with van der Waals surface area (Å²) in [5.41, 5.74) is 5.32. The number of hydrogen-bond donors (Lipinski definition) is 3. The summed E-state index contributed by atoms with van der Waals surface area (Å²) in [6.07, 6.45) is 0. The van der Waals surface area contributed by atoms with Crippen molar-refractivity contribution in [2.24, 2.45) is 11.1 Å². The molecule has 1 atom stereocenters. The molecule has 21 heavy (non-hydrogen) atoms. The van der Waals surface area contributed by atoms with Crippen LogP contribution < -0.4 is 16.4 Å². The second-order valence-corrected chi connectivity index (χ2v) is 6.33. The Hall–Kier alpha value is -1.88. The van der Waals surface area contributed by atoms with Crippen LogP contribution in [-0.2, 0) is 15.1 Å². The summed E-state index contributed by atoms with van der Waals surface area (Å²) in [6.45, 7) is 7.92. The van der Waals surface area contributed by atoms with Gasteiger partial charge in [0.05, 0.1) is 0 Å². The smallest absolute Gasteiger partial charge is 0.244 e. The maximum absolute atomic E-state index is 12.2. The third-order valence-electron chi connectivity index (χ3n) is 3.22. The highest BCUT2D eigenvalue weighted by Gasteiger charge is 2.30. The highest BCUT2D eigenvalue weighted by Crippen LogP contribution is 2.17. The Balaban J connectivity index is 2.46. The van der Waals surface area contributed by atoms with Crippen molar-refractivity contribution in [3.8, 4) is 0 Å². The van der Waals surface area contributed by atoms with E-state index in [2.05, 4.69) is 10.6 Å².